The van der Waals surface area contributed by atoms with E-state index in [9.17, 15) is 0 Å². The van der Waals surface area contributed by atoms with Crippen LogP contribution in [0.2, 0.25) is 0 Å². The van der Waals surface area contributed by atoms with Crippen LogP contribution in [-0.4, -0.2) is 179 Å². The van der Waals surface area contributed by atoms with Crippen molar-refractivity contribution in [3.63, 3.8) is 0 Å². The number of para-hydroxylation sites is 2. The molecule has 1 atom stereocenters. The van der Waals surface area contributed by atoms with E-state index in [1.807, 2.05) is 65.4 Å². The Morgan fingerprint density at radius 2 is 0.873 bits per heavy atom. The molecule has 1 aliphatic carbocycles. The summed E-state index contributed by atoms with van der Waals surface area (Å²) < 4.78 is 64.3. The summed E-state index contributed by atoms with van der Waals surface area (Å²) in [6.45, 7) is 22.3. The van der Waals surface area contributed by atoms with Crippen LogP contribution in [0, 0.1) is 13.8 Å². The molecule has 126 heavy (non-hydrogen) atoms. The highest BCUT2D eigenvalue weighted by molar-refractivity contribution is 7.16. The van der Waals surface area contributed by atoms with Crippen LogP contribution in [0.5, 0.6) is 51.7 Å². The van der Waals surface area contributed by atoms with Crippen molar-refractivity contribution < 1.29 is 47.4 Å². The number of fused-ring (bicyclic) bond motifs is 9. The number of thiazole rings is 3. The van der Waals surface area contributed by atoms with E-state index in [1.165, 1.54) is 32.1 Å². The molecule has 4 aliphatic heterocycles. The first kappa shape index (κ1) is 89.3. The highest BCUT2D eigenvalue weighted by Gasteiger charge is 2.54. The molecule has 21 nitrogen and oxygen atoms in total. The molecule has 0 N–H and O–H groups in total. The van der Waals surface area contributed by atoms with Gasteiger partial charge in [0.1, 0.15) is 51.7 Å². The second-order valence-corrected chi connectivity index (χ2v) is 36.2. The summed E-state index contributed by atoms with van der Waals surface area (Å²) in [5, 5.41) is 3.00. The van der Waals surface area contributed by atoms with E-state index < -0.39 is 16.8 Å². The molecule has 1 saturated carbocycles. The van der Waals surface area contributed by atoms with Gasteiger partial charge in [0.05, 0.1) is 115 Å². The summed E-state index contributed by atoms with van der Waals surface area (Å²) in [7, 11) is 26.7. The van der Waals surface area contributed by atoms with Gasteiger partial charge in [0.2, 0.25) is 5.60 Å². The summed E-state index contributed by atoms with van der Waals surface area (Å²) >= 11 is 5.10. The van der Waals surface area contributed by atoms with Crippen LogP contribution < -0.4 is 81.8 Å². The zero-order valence-electron chi connectivity index (χ0n) is 76.9. The summed E-state index contributed by atoms with van der Waals surface area (Å²) in [6, 6.07) is 61.6. The molecule has 0 bridgehead atoms. The average molecular weight is 1760 g/mol. The van der Waals surface area contributed by atoms with Crippen LogP contribution in [-0.2, 0) is 21.5 Å². The Morgan fingerprint density at radius 1 is 0.397 bits per heavy atom. The molecule has 662 valence electrons. The van der Waals surface area contributed by atoms with Crippen LogP contribution in [0.25, 0.3) is 33.8 Å². The smallest absolute Gasteiger partial charge is 0.203 e. The SMILES string of the molecule is CCN(CC)c1cc(OC)c(C2(c3cc(OC)c(N(CC)CC)cc3OC)Oc3ccccc3-c3nc(N(CC)C4CCCCC4)sc32)cc1OC.CN(C)c1ccc(C2(c3ccc(N(C)C)cc3)Oc3ccccc3-c3nc(N4CCOCC4)sc32)cc1.COc1cc(N(C)C)cc(C2(c3ccc(N(C)C)cc3OC)Oc3ccc(C)cc3-c3nc(C)sc32)c1. The molecule has 1 unspecified atom stereocenters. The Bertz CT molecular complexity index is 5690. The number of ether oxygens (including phenoxy) is 10. The Kier molecular flexibility index (Phi) is 26.9. The average Bonchev–Trinajstić information content (AvgIpc) is 1.40. The van der Waals surface area contributed by atoms with Crippen molar-refractivity contribution in [1.29, 1.82) is 0 Å². The Morgan fingerprint density at radius 3 is 1.39 bits per heavy atom. The molecule has 5 aliphatic rings. The van der Waals surface area contributed by atoms with Crippen molar-refractivity contribution in [3.05, 3.63) is 235 Å². The highest BCUT2D eigenvalue weighted by atomic mass is 32.1. The van der Waals surface area contributed by atoms with Gasteiger partial charge < -0.3 is 86.6 Å². The summed E-state index contributed by atoms with van der Waals surface area (Å²) in [6.07, 6.45) is 6.13. The van der Waals surface area contributed by atoms with Crippen molar-refractivity contribution in [1.82, 2.24) is 15.0 Å². The molecular weight excluding hydrogens is 1640 g/mol. The lowest BCUT2D eigenvalue weighted by Gasteiger charge is -2.41. The minimum absolute atomic E-state index is 0.447. The molecule has 0 amide bonds. The number of benzene rings is 9. The van der Waals surface area contributed by atoms with Crippen LogP contribution in [0.4, 0.5) is 44.4 Å². The van der Waals surface area contributed by atoms with Gasteiger partial charge in [0.15, 0.2) is 21.5 Å². The molecule has 17 rings (SSSR count). The van der Waals surface area contributed by atoms with E-state index in [2.05, 4.69) is 255 Å². The van der Waals surface area contributed by atoms with E-state index >= 15 is 0 Å². The first-order valence-electron chi connectivity index (χ1n) is 43.8. The van der Waals surface area contributed by atoms with Gasteiger partial charge in [-0.3, -0.25) is 0 Å². The largest absolute Gasteiger partial charge is 0.497 e. The van der Waals surface area contributed by atoms with E-state index in [1.54, 1.807) is 76.7 Å². The van der Waals surface area contributed by atoms with Crippen LogP contribution in [0.3, 0.4) is 0 Å². The number of aryl methyl sites for hydroxylation is 2. The molecule has 0 radical (unpaired) electrons. The van der Waals surface area contributed by atoms with Crippen molar-refractivity contribution in [3.8, 4) is 85.5 Å². The maximum Gasteiger partial charge on any atom is 0.203 e. The van der Waals surface area contributed by atoms with Crippen LogP contribution in [0.1, 0.15) is 125 Å². The summed E-state index contributed by atoms with van der Waals surface area (Å²) in [5.41, 5.74) is 15.8. The third-order valence-electron chi connectivity index (χ3n) is 25.0. The molecule has 12 aromatic rings. The fourth-order valence-electron chi connectivity index (χ4n) is 18.2. The van der Waals surface area contributed by atoms with Gasteiger partial charge in [0, 0.05) is 194 Å². The fourth-order valence-corrected chi connectivity index (χ4v) is 22.0. The Hall–Kier alpha value is -11.6. The predicted molar refractivity (Wildman–Crippen MR) is 519 cm³/mol. The first-order valence-corrected chi connectivity index (χ1v) is 46.2. The first-order chi connectivity index (χ1) is 61.0. The quantitative estimate of drug-likeness (QED) is 0.0504. The van der Waals surface area contributed by atoms with Gasteiger partial charge in [-0.25, -0.2) is 15.0 Å². The second-order valence-electron chi connectivity index (χ2n) is 33.0. The molecular formula is C102H121N11O10S3. The number of rotatable bonds is 26. The maximum absolute atomic E-state index is 7.53. The van der Waals surface area contributed by atoms with Crippen LogP contribution in [0.15, 0.2) is 176 Å². The van der Waals surface area contributed by atoms with E-state index in [4.69, 9.17) is 62.3 Å². The van der Waals surface area contributed by atoms with E-state index in [0.29, 0.717) is 17.5 Å². The molecule has 3 aromatic heterocycles. The molecule has 9 aromatic carbocycles. The fraction of sp³-hybridized carbons (Fsp3) is 0.382. The zero-order valence-corrected chi connectivity index (χ0v) is 79.4. The van der Waals surface area contributed by atoms with Crippen molar-refractivity contribution in [2.45, 2.75) is 103 Å². The lowest BCUT2D eigenvalue weighted by Crippen LogP contribution is -2.39. The normalized spacial score (nSPS) is 15.5. The molecule has 2 fully saturated rings. The minimum Gasteiger partial charge on any atom is -0.497 e. The number of nitrogens with zero attached hydrogens (tertiary/aromatic N) is 11. The summed E-state index contributed by atoms with van der Waals surface area (Å²) in [4.78, 5) is 36.7. The maximum atomic E-state index is 7.53. The lowest BCUT2D eigenvalue weighted by atomic mass is 9.79. The Balaban J connectivity index is 0.000000149. The third kappa shape index (κ3) is 16.4. The predicted octanol–water partition coefficient (Wildman–Crippen LogP) is 21.1. The summed E-state index contributed by atoms with van der Waals surface area (Å²) in [5.74, 6) is 6.69. The van der Waals surface area contributed by atoms with E-state index in [0.717, 1.165) is 236 Å². The number of aromatic nitrogens is 3. The number of methoxy groups -OCH3 is 6. The van der Waals surface area contributed by atoms with Gasteiger partial charge in [-0.15, -0.1) is 11.3 Å². The zero-order chi connectivity index (χ0) is 89.0. The third-order valence-corrected chi connectivity index (χ3v) is 28.4. The van der Waals surface area contributed by atoms with Gasteiger partial charge in [-0.1, -0.05) is 102 Å². The van der Waals surface area contributed by atoms with Crippen molar-refractivity contribution in [2.24, 2.45) is 0 Å². The topological polar surface area (TPSA) is 157 Å². The monoisotopic (exact) mass is 1760 g/mol. The van der Waals surface area contributed by atoms with Crippen LogP contribution >= 0.6 is 34.0 Å². The number of hydrogen-bond acceptors (Lipinski definition) is 24. The van der Waals surface area contributed by atoms with Crippen molar-refractivity contribution >= 4 is 78.4 Å². The number of anilines is 8. The molecule has 7 heterocycles. The molecule has 24 heteroatoms. The second kappa shape index (κ2) is 37.9. The molecule has 0 spiro atoms. The van der Waals surface area contributed by atoms with E-state index in [-0.39, 0.29) is 0 Å². The highest BCUT2D eigenvalue weighted by Crippen LogP contribution is 2.62. The van der Waals surface area contributed by atoms with Gasteiger partial charge in [-0.2, -0.15) is 0 Å². The van der Waals surface area contributed by atoms with Gasteiger partial charge >= 0.3 is 0 Å². The van der Waals surface area contributed by atoms with Gasteiger partial charge in [-0.05, 0) is 158 Å². The van der Waals surface area contributed by atoms with Gasteiger partial charge in [0.25, 0.3) is 0 Å². The van der Waals surface area contributed by atoms with Crippen molar-refractivity contribution in [2.75, 3.05) is 197 Å². The Labute approximate surface area is 756 Å². The number of hydrogen-bond donors (Lipinski definition) is 0. The molecule has 1 saturated heterocycles. The minimum atomic E-state index is -1.26. The number of morpholine rings is 1. The lowest BCUT2D eigenvalue weighted by molar-refractivity contribution is 0.122. The standard InChI is InChI=1S/C42H56N4O5S.C30H32N4O2S.C30H33N3O3S/c1-10-44(11-2)32-26-35(47-6)30(24-37(32)49-8)42(31-25-38(50-9)33(27-36(31)48-7)45(12-3)13-4)40-39(29-22-18-19-23-34(29)51-42)43-41(52-40)46(14-5)28-20-16-15-17-21-28;1-32(2)23-13-9-21(10-14-23)30(22-11-15-24(16-12-22)33(3)4)28-27(25-7-5-6-8-26(25)36-30)31-29(37-28)34-17-19-35-20-18-34;1-18-9-12-26-24(13-18)28-29(37-19(2)31-28)30(36-26,20-14-22(33(5)6)16-23(15-20)34-7)25-11-10-21(32(3)4)17-27(25)35-8/h18-19,22-28H,10-17,20-21H2,1-9H3;5-16H,17-20H2,1-4H3;9-17H,1-8H3.